The minimum absolute atomic E-state index is 0.0132. The Labute approximate surface area is 145 Å². The first-order chi connectivity index (χ1) is 11.8. The Morgan fingerprint density at radius 2 is 1.88 bits per heavy atom. The van der Waals surface area contributed by atoms with Gasteiger partial charge in [-0.05, 0) is 11.6 Å². The number of alkyl halides is 2. The normalized spacial score (nSPS) is 21.5. The van der Waals surface area contributed by atoms with Crippen LogP contribution in [0, 0.1) is 5.92 Å². The van der Waals surface area contributed by atoms with Crippen molar-refractivity contribution in [3.05, 3.63) is 29.8 Å². The van der Waals surface area contributed by atoms with Crippen LogP contribution in [0.5, 0.6) is 0 Å². The van der Waals surface area contributed by atoms with Crippen LogP contribution in [0.4, 0.5) is 8.78 Å². The van der Waals surface area contributed by atoms with Gasteiger partial charge in [0.05, 0.1) is 18.1 Å². The van der Waals surface area contributed by atoms with Crippen molar-refractivity contribution in [2.45, 2.75) is 30.2 Å². The molecule has 1 aromatic carbocycles. The Balaban J connectivity index is 1.69. The molecule has 1 aliphatic carbocycles. The molecule has 1 saturated carbocycles. The lowest BCUT2D eigenvalue weighted by Gasteiger charge is -2.33. The van der Waals surface area contributed by atoms with E-state index in [1.807, 2.05) is 0 Å². The molecule has 0 unspecified atom stereocenters. The monoisotopic (exact) mass is 374 g/mol. The lowest BCUT2D eigenvalue weighted by Crippen LogP contribution is -2.45. The van der Waals surface area contributed by atoms with E-state index in [4.69, 9.17) is 4.74 Å². The number of hydrogen-bond donors (Lipinski definition) is 1. The smallest absolute Gasteiger partial charge is 0.249 e. The Bertz CT molecular complexity index is 740. The Hall–Kier alpha value is -1.58. The van der Waals surface area contributed by atoms with E-state index in [2.05, 4.69) is 5.32 Å². The second-order valence-corrected chi connectivity index (χ2v) is 8.21. The zero-order valence-electron chi connectivity index (χ0n) is 13.6. The average molecular weight is 374 g/mol. The quantitative estimate of drug-likeness (QED) is 0.845. The summed E-state index contributed by atoms with van der Waals surface area (Å²) >= 11 is 0. The molecule has 1 aliphatic heterocycles. The number of nitrogens with zero attached hydrogens (tertiary/aromatic N) is 1. The van der Waals surface area contributed by atoms with Crippen LogP contribution in [-0.4, -0.2) is 50.9 Å². The van der Waals surface area contributed by atoms with E-state index in [0.29, 0.717) is 18.8 Å². The predicted molar refractivity (Wildman–Crippen MR) is 85.5 cm³/mol. The second-order valence-electron chi connectivity index (χ2n) is 6.30. The van der Waals surface area contributed by atoms with E-state index in [9.17, 15) is 22.0 Å². The predicted octanol–water partition coefficient (Wildman–Crippen LogP) is 1.37. The number of morpholine rings is 1. The van der Waals surface area contributed by atoms with Crippen LogP contribution in [0.25, 0.3) is 0 Å². The summed E-state index contributed by atoms with van der Waals surface area (Å²) in [5.74, 6) is -3.94. The first-order valence-corrected chi connectivity index (χ1v) is 9.55. The average Bonchev–Trinajstić information content (AvgIpc) is 2.58. The molecule has 1 amide bonds. The fourth-order valence-corrected chi connectivity index (χ4v) is 4.63. The molecule has 138 valence electrons. The van der Waals surface area contributed by atoms with Crippen LogP contribution >= 0.6 is 0 Å². The molecule has 2 aliphatic rings. The van der Waals surface area contributed by atoms with Crippen LogP contribution < -0.4 is 5.32 Å². The third kappa shape index (κ3) is 3.99. The zero-order chi connectivity index (χ0) is 18.1. The van der Waals surface area contributed by atoms with Crippen LogP contribution in [0.1, 0.15) is 18.4 Å². The van der Waals surface area contributed by atoms with Crippen molar-refractivity contribution in [1.29, 1.82) is 0 Å². The number of hydrogen-bond acceptors (Lipinski definition) is 4. The number of halogens is 2. The Morgan fingerprint density at radius 3 is 2.52 bits per heavy atom. The van der Waals surface area contributed by atoms with Gasteiger partial charge in [0.25, 0.3) is 0 Å². The zero-order valence-corrected chi connectivity index (χ0v) is 14.4. The van der Waals surface area contributed by atoms with E-state index in [-0.39, 0.29) is 24.5 Å². The van der Waals surface area contributed by atoms with Crippen LogP contribution in [0.2, 0.25) is 0 Å². The Morgan fingerprint density at radius 1 is 1.24 bits per heavy atom. The van der Waals surface area contributed by atoms with Gasteiger partial charge in [-0.25, -0.2) is 17.2 Å². The molecule has 1 saturated heterocycles. The summed E-state index contributed by atoms with van der Waals surface area (Å²) in [6.45, 7) is 1.23. The molecule has 0 bridgehead atoms. The lowest BCUT2D eigenvalue weighted by molar-refractivity contribution is -0.150. The number of carbonyl (C=O) groups excluding carboxylic acids is 1. The molecule has 1 heterocycles. The van der Waals surface area contributed by atoms with E-state index < -0.39 is 40.6 Å². The van der Waals surface area contributed by atoms with Crippen molar-refractivity contribution in [3.63, 3.8) is 0 Å². The van der Waals surface area contributed by atoms with Crippen molar-refractivity contribution in [1.82, 2.24) is 9.62 Å². The summed E-state index contributed by atoms with van der Waals surface area (Å²) < 4.78 is 57.8. The molecule has 6 nitrogen and oxygen atoms in total. The molecule has 1 N–H and O–H groups in total. The van der Waals surface area contributed by atoms with E-state index in [0.717, 1.165) is 0 Å². The standard InChI is InChI=1S/C16H20F2N2O4S/c17-16(18)9-13(10-16)15(21)19-11-12-3-1-2-4-14(12)25(22,23)20-5-7-24-8-6-20/h1-4,13H,5-11H2,(H,19,21). The van der Waals surface area contributed by atoms with Gasteiger partial charge in [0, 0.05) is 38.4 Å². The summed E-state index contributed by atoms with van der Waals surface area (Å²) in [6.07, 6.45) is -0.904. The molecule has 1 aromatic rings. The van der Waals surface area contributed by atoms with Crippen molar-refractivity contribution < 1.29 is 26.7 Å². The van der Waals surface area contributed by atoms with Crippen LogP contribution in [0.15, 0.2) is 29.2 Å². The van der Waals surface area contributed by atoms with Gasteiger partial charge < -0.3 is 10.1 Å². The minimum atomic E-state index is -3.69. The van der Waals surface area contributed by atoms with Gasteiger partial charge in [0.2, 0.25) is 21.9 Å². The molecule has 0 aromatic heterocycles. The minimum Gasteiger partial charge on any atom is -0.379 e. The van der Waals surface area contributed by atoms with E-state index >= 15 is 0 Å². The maximum atomic E-state index is 12.9. The highest BCUT2D eigenvalue weighted by Gasteiger charge is 2.48. The molecule has 9 heteroatoms. The van der Waals surface area contributed by atoms with E-state index in [1.165, 1.54) is 10.4 Å². The fraction of sp³-hybridized carbons (Fsp3) is 0.562. The van der Waals surface area contributed by atoms with Crippen LogP contribution in [0.3, 0.4) is 0 Å². The molecular weight excluding hydrogens is 354 g/mol. The largest absolute Gasteiger partial charge is 0.379 e. The molecule has 25 heavy (non-hydrogen) atoms. The summed E-state index contributed by atoms with van der Waals surface area (Å²) in [4.78, 5) is 12.0. The number of benzene rings is 1. The molecular formula is C16H20F2N2O4S. The van der Waals surface area contributed by atoms with Gasteiger partial charge in [-0.2, -0.15) is 4.31 Å². The van der Waals surface area contributed by atoms with Crippen LogP contribution in [-0.2, 0) is 26.1 Å². The van der Waals surface area contributed by atoms with Gasteiger partial charge in [-0.15, -0.1) is 0 Å². The number of sulfonamides is 1. The second kappa shape index (κ2) is 6.97. The first kappa shape index (κ1) is 18.2. The van der Waals surface area contributed by atoms with Gasteiger partial charge >= 0.3 is 0 Å². The van der Waals surface area contributed by atoms with E-state index in [1.54, 1.807) is 18.2 Å². The fourth-order valence-electron chi connectivity index (χ4n) is 3.00. The van der Waals surface area contributed by atoms with Crippen molar-refractivity contribution >= 4 is 15.9 Å². The van der Waals surface area contributed by atoms with Gasteiger partial charge in [-0.3, -0.25) is 4.79 Å². The highest BCUT2D eigenvalue weighted by atomic mass is 32.2. The number of rotatable bonds is 5. The summed E-state index contributed by atoms with van der Waals surface area (Å²) in [6, 6.07) is 6.40. The van der Waals surface area contributed by atoms with Crippen molar-refractivity contribution in [2.75, 3.05) is 26.3 Å². The van der Waals surface area contributed by atoms with Gasteiger partial charge in [0.1, 0.15) is 0 Å². The number of ether oxygens (including phenoxy) is 1. The topological polar surface area (TPSA) is 75.7 Å². The number of amides is 1. The van der Waals surface area contributed by atoms with Gasteiger partial charge in [0.15, 0.2) is 0 Å². The van der Waals surface area contributed by atoms with Crippen molar-refractivity contribution in [3.8, 4) is 0 Å². The summed E-state index contributed by atoms with van der Waals surface area (Å²) in [5, 5.41) is 2.57. The Kier molecular flexibility index (Phi) is 5.08. The highest BCUT2D eigenvalue weighted by molar-refractivity contribution is 7.89. The molecule has 3 rings (SSSR count). The molecule has 0 atom stereocenters. The maximum absolute atomic E-state index is 12.9. The SMILES string of the molecule is O=C(NCc1ccccc1S(=O)(=O)N1CCOCC1)C1CC(F)(F)C1. The first-order valence-electron chi connectivity index (χ1n) is 8.11. The lowest BCUT2D eigenvalue weighted by atomic mass is 9.81. The third-order valence-corrected chi connectivity index (χ3v) is 6.47. The maximum Gasteiger partial charge on any atom is 0.249 e. The summed E-state index contributed by atoms with van der Waals surface area (Å²) in [7, 11) is -3.69. The molecule has 2 fully saturated rings. The number of nitrogens with one attached hydrogen (secondary N) is 1. The van der Waals surface area contributed by atoms with Crippen molar-refractivity contribution in [2.24, 2.45) is 5.92 Å². The highest BCUT2D eigenvalue weighted by Crippen LogP contribution is 2.42. The summed E-state index contributed by atoms with van der Waals surface area (Å²) in [5.41, 5.74) is 0.438. The molecule has 0 radical (unpaired) electrons. The third-order valence-electron chi connectivity index (χ3n) is 4.47. The molecule has 0 spiro atoms. The van der Waals surface area contributed by atoms with Gasteiger partial charge in [-0.1, -0.05) is 18.2 Å². The number of carbonyl (C=O) groups is 1.